The highest BCUT2D eigenvalue weighted by molar-refractivity contribution is 8.01. The highest BCUT2D eigenvalue weighted by Crippen LogP contribution is 2.27. The van der Waals surface area contributed by atoms with E-state index in [-0.39, 0.29) is 5.91 Å². The van der Waals surface area contributed by atoms with Crippen LogP contribution in [-0.4, -0.2) is 11.7 Å². The zero-order chi connectivity index (χ0) is 9.10. The van der Waals surface area contributed by atoms with Crippen LogP contribution in [0.25, 0.3) is 0 Å². The van der Waals surface area contributed by atoms with Crippen LogP contribution in [0.4, 0.5) is 5.69 Å². The lowest BCUT2D eigenvalue weighted by Crippen LogP contribution is -2.27. The van der Waals surface area contributed by atoms with Gasteiger partial charge >= 0.3 is 0 Å². The van der Waals surface area contributed by atoms with E-state index in [1.165, 1.54) is 0 Å². The Morgan fingerprint density at radius 1 is 1.23 bits per heavy atom. The van der Waals surface area contributed by atoms with E-state index in [0.717, 1.165) is 17.9 Å². The molecule has 0 atom stereocenters. The highest BCUT2D eigenvalue weighted by atomic mass is 32.2. The molecule has 0 unspecified atom stereocenters. The summed E-state index contributed by atoms with van der Waals surface area (Å²) in [7, 11) is 0. The smallest absolute Gasteiger partial charge is 0.237 e. The van der Waals surface area contributed by atoms with Gasteiger partial charge in [-0.1, -0.05) is 18.2 Å². The van der Waals surface area contributed by atoms with Crippen molar-refractivity contribution in [2.75, 3.05) is 10.1 Å². The largest absolute Gasteiger partial charge is 0.274 e. The van der Waals surface area contributed by atoms with Gasteiger partial charge in [0.2, 0.25) is 5.91 Å². The van der Waals surface area contributed by atoms with Crippen molar-refractivity contribution in [2.24, 2.45) is 0 Å². The summed E-state index contributed by atoms with van der Waals surface area (Å²) in [6, 6.07) is 9.81. The minimum Gasteiger partial charge on any atom is -0.274 e. The van der Waals surface area contributed by atoms with Gasteiger partial charge in [-0.05, 0) is 30.5 Å². The summed E-state index contributed by atoms with van der Waals surface area (Å²) in [5.74, 6) is 1.27. The third-order valence-electron chi connectivity index (χ3n) is 1.97. The summed E-state index contributed by atoms with van der Waals surface area (Å²) in [6.07, 6.45) is 1.69. The lowest BCUT2D eigenvalue weighted by molar-refractivity contribution is -0.117. The third-order valence-corrected chi connectivity index (χ3v) is 3.12. The van der Waals surface area contributed by atoms with E-state index in [0.29, 0.717) is 6.42 Å². The number of hydrogen-bond donors (Lipinski definition) is 0. The molecule has 1 fully saturated rings. The molecule has 68 valence electrons. The molecule has 2 nitrogen and oxygen atoms in total. The second-order valence-electron chi connectivity index (χ2n) is 2.96. The number of nitrogens with zero attached hydrogens (tertiary/aromatic N) is 1. The minimum atomic E-state index is 0.224. The fourth-order valence-corrected chi connectivity index (χ4v) is 2.30. The summed E-state index contributed by atoms with van der Waals surface area (Å²) in [6.45, 7) is 0. The molecule has 0 saturated carbocycles. The predicted octanol–water partition coefficient (Wildman–Crippen LogP) is 2.46. The van der Waals surface area contributed by atoms with Crippen molar-refractivity contribution in [3.63, 3.8) is 0 Å². The zero-order valence-corrected chi connectivity index (χ0v) is 8.09. The quantitative estimate of drug-likeness (QED) is 0.638. The van der Waals surface area contributed by atoms with Crippen molar-refractivity contribution < 1.29 is 4.79 Å². The van der Waals surface area contributed by atoms with Crippen LogP contribution in [0.15, 0.2) is 30.3 Å². The molecule has 2 rings (SSSR count). The van der Waals surface area contributed by atoms with Crippen molar-refractivity contribution in [1.29, 1.82) is 0 Å². The molecule has 13 heavy (non-hydrogen) atoms. The van der Waals surface area contributed by atoms with Crippen molar-refractivity contribution in [3.8, 4) is 0 Å². The van der Waals surface area contributed by atoms with Gasteiger partial charge in [-0.3, -0.25) is 9.10 Å². The van der Waals surface area contributed by atoms with Crippen LogP contribution in [0.5, 0.6) is 0 Å². The Bertz CT molecular complexity index is 299. The van der Waals surface area contributed by atoms with Gasteiger partial charge < -0.3 is 0 Å². The van der Waals surface area contributed by atoms with E-state index < -0.39 is 0 Å². The van der Waals surface area contributed by atoms with Gasteiger partial charge in [0.05, 0.1) is 5.69 Å². The second-order valence-corrected chi connectivity index (χ2v) is 3.99. The molecule has 0 N–H and O–H groups in total. The van der Waals surface area contributed by atoms with Gasteiger partial charge in [0.15, 0.2) is 0 Å². The van der Waals surface area contributed by atoms with Gasteiger partial charge in [-0.2, -0.15) is 0 Å². The molecule has 1 aromatic rings. The molecule has 0 aromatic heterocycles. The standard InChI is InChI=1S/C10H11NOS/c12-10-7-4-8-13-11(10)9-5-2-1-3-6-9/h1-3,5-6H,4,7-8H2. The van der Waals surface area contributed by atoms with Crippen molar-refractivity contribution >= 4 is 23.5 Å². The van der Waals surface area contributed by atoms with Gasteiger partial charge in [-0.25, -0.2) is 0 Å². The number of para-hydroxylation sites is 1. The average Bonchev–Trinajstić information content (AvgIpc) is 2.20. The topological polar surface area (TPSA) is 20.3 Å². The van der Waals surface area contributed by atoms with Crippen LogP contribution < -0.4 is 4.31 Å². The van der Waals surface area contributed by atoms with Gasteiger partial charge in [0, 0.05) is 12.2 Å². The first kappa shape index (κ1) is 8.63. The number of carbonyl (C=O) groups is 1. The fourth-order valence-electron chi connectivity index (χ4n) is 1.33. The fraction of sp³-hybridized carbons (Fsp3) is 0.300. The summed E-state index contributed by atoms with van der Waals surface area (Å²) in [4.78, 5) is 11.5. The normalized spacial score (nSPS) is 17.5. The van der Waals surface area contributed by atoms with Crippen LogP contribution in [0.2, 0.25) is 0 Å². The van der Waals surface area contributed by atoms with E-state index in [9.17, 15) is 4.79 Å². The van der Waals surface area contributed by atoms with Crippen molar-refractivity contribution in [1.82, 2.24) is 0 Å². The SMILES string of the molecule is O=C1CCCSN1c1ccccc1. The van der Waals surface area contributed by atoms with E-state index in [1.807, 2.05) is 30.3 Å². The van der Waals surface area contributed by atoms with Crippen LogP contribution in [0.3, 0.4) is 0 Å². The number of benzene rings is 1. The zero-order valence-electron chi connectivity index (χ0n) is 7.27. The number of rotatable bonds is 1. The Morgan fingerprint density at radius 2 is 2.00 bits per heavy atom. The molecule has 1 saturated heterocycles. The molecule has 1 aromatic carbocycles. The first-order chi connectivity index (χ1) is 6.38. The van der Waals surface area contributed by atoms with Crippen molar-refractivity contribution in [2.45, 2.75) is 12.8 Å². The van der Waals surface area contributed by atoms with E-state index in [2.05, 4.69) is 0 Å². The van der Waals surface area contributed by atoms with E-state index in [1.54, 1.807) is 16.3 Å². The maximum absolute atomic E-state index is 11.5. The number of amides is 1. The predicted molar refractivity (Wildman–Crippen MR) is 55.6 cm³/mol. The molecule has 1 heterocycles. The molecule has 0 spiro atoms. The Balaban J connectivity index is 2.20. The van der Waals surface area contributed by atoms with Crippen LogP contribution >= 0.6 is 11.9 Å². The highest BCUT2D eigenvalue weighted by Gasteiger charge is 2.19. The second kappa shape index (κ2) is 3.83. The first-order valence-corrected chi connectivity index (χ1v) is 5.33. The Morgan fingerprint density at radius 3 is 2.69 bits per heavy atom. The molecule has 3 heteroatoms. The Hall–Kier alpha value is -0.960. The van der Waals surface area contributed by atoms with Crippen LogP contribution in [0, 0.1) is 0 Å². The maximum atomic E-state index is 11.5. The molecule has 1 aliphatic heterocycles. The minimum absolute atomic E-state index is 0.224. The Kier molecular flexibility index (Phi) is 2.54. The number of hydrogen-bond acceptors (Lipinski definition) is 2. The number of anilines is 1. The maximum Gasteiger partial charge on any atom is 0.237 e. The van der Waals surface area contributed by atoms with Gasteiger partial charge in [-0.15, -0.1) is 0 Å². The van der Waals surface area contributed by atoms with Crippen LogP contribution in [-0.2, 0) is 4.79 Å². The lowest BCUT2D eigenvalue weighted by atomic mass is 10.3. The molecule has 1 aliphatic rings. The van der Waals surface area contributed by atoms with Gasteiger partial charge in [0.25, 0.3) is 0 Å². The van der Waals surface area contributed by atoms with Gasteiger partial charge in [0.1, 0.15) is 0 Å². The molecule has 1 amide bonds. The summed E-state index contributed by atoms with van der Waals surface area (Å²) in [5, 5.41) is 0. The number of carbonyl (C=O) groups excluding carboxylic acids is 1. The molecular weight excluding hydrogens is 182 g/mol. The van der Waals surface area contributed by atoms with Crippen LogP contribution in [0.1, 0.15) is 12.8 Å². The summed E-state index contributed by atoms with van der Waals surface area (Å²) >= 11 is 1.61. The third kappa shape index (κ3) is 1.86. The first-order valence-electron chi connectivity index (χ1n) is 4.39. The Labute approximate surface area is 82.1 Å². The molecule has 0 bridgehead atoms. The lowest BCUT2D eigenvalue weighted by Gasteiger charge is -2.24. The average molecular weight is 193 g/mol. The van der Waals surface area contributed by atoms with E-state index in [4.69, 9.17) is 0 Å². The van der Waals surface area contributed by atoms with Crippen molar-refractivity contribution in [3.05, 3.63) is 30.3 Å². The summed E-state index contributed by atoms with van der Waals surface area (Å²) in [5.41, 5.74) is 0.997. The molecule has 0 radical (unpaired) electrons. The molecule has 0 aliphatic carbocycles. The molecular formula is C10H11NOS. The monoisotopic (exact) mass is 193 g/mol. The summed E-state index contributed by atoms with van der Waals surface area (Å²) < 4.78 is 1.80. The van der Waals surface area contributed by atoms with E-state index >= 15 is 0 Å².